The van der Waals surface area contributed by atoms with Gasteiger partial charge in [0.2, 0.25) is 0 Å². The Hall–Kier alpha value is -1.14. The maximum absolute atomic E-state index is 4.79. The molecule has 5 nitrogen and oxygen atoms in total. The number of rotatable bonds is 8. The van der Waals surface area contributed by atoms with Crippen LogP contribution in [0.25, 0.3) is 0 Å². The van der Waals surface area contributed by atoms with Crippen LogP contribution >= 0.6 is 11.3 Å². The molecule has 2 rings (SSSR count). The Morgan fingerprint density at radius 1 is 1.35 bits per heavy atom. The standard InChI is InChI=1S/C17H31N5S/c1-6-18-17(20-11-15(22(4)5)14-7-8-14)19-10-9-16-21-12(2)13(3)23-16/h14-15H,6-11H2,1-5H3,(H2,18,19,20). The smallest absolute Gasteiger partial charge is 0.191 e. The number of hydrogen-bond acceptors (Lipinski definition) is 4. The number of thiazole rings is 1. The van der Waals surface area contributed by atoms with Gasteiger partial charge in [0.25, 0.3) is 0 Å². The van der Waals surface area contributed by atoms with E-state index >= 15 is 0 Å². The van der Waals surface area contributed by atoms with E-state index in [0.717, 1.165) is 43.6 Å². The highest BCUT2D eigenvalue weighted by Gasteiger charge is 2.32. The van der Waals surface area contributed by atoms with Crippen molar-refractivity contribution in [2.45, 2.75) is 46.1 Å². The van der Waals surface area contributed by atoms with Gasteiger partial charge in [-0.05, 0) is 53.6 Å². The molecule has 0 aromatic carbocycles. The van der Waals surface area contributed by atoms with Crippen LogP contribution in [0, 0.1) is 19.8 Å². The third kappa shape index (κ3) is 5.77. The van der Waals surface area contributed by atoms with Crippen LogP contribution in [0.2, 0.25) is 0 Å². The van der Waals surface area contributed by atoms with Gasteiger partial charge in [0.1, 0.15) is 0 Å². The minimum Gasteiger partial charge on any atom is -0.357 e. The average Bonchev–Trinajstić information content (AvgIpc) is 3.26. The predicted octanol–water partition coefficient (Wildman–Crippen LogP) is 2.20. The van der Waals surface area contributed by atoms with Crippen LogP contribution in [0.1, 0.15) is 35.3 Å². The molecule has 1 unspecified atom stereocenters. The summed E-state index contributed by atoms with van der Waals surface area (Å²) in [5, 5.41) is 7.98. The third-order valence-electron chi connectivity index (χ3n) is 4.31. The average molecular weight is 338 g/mol. The number of nitrogens with one attached hydrogen (secondary N) is 2. The summed E-state index contributed by atoms with van der Waals surface area (Å²) in [5.74, 6) is 1.75. The summed E-state index contributed by atoms with van der Waals surface area (Å²) in [7, 11) is 4.32. The first-order chi connectivity index (χ1) is 11.0. The number of hydrogen-bond donors (Lipinski definition) is 2. The van der Waals surface area contributed by atoms with Crippen molar-refractivity contribution in [1.29, 1.82) is 0 Å². The van der Waals surface area contributed by atoms with Crippen molar-refractivity contribution < 1.29 is 0 Å². The van der Waals surface area contributed by atoms with Crippen LogP contribution in [0.4, 0.5) is 0 Å². The van der Waals surface area contributed by atoms with Crippen LogP contribution in [-0.2, 0) is 6.42 Å². The van der Waals surface area contributed by atoms with Crippen molar-refractivity contribution in [3.05, 3.63) is 15.6 Å². The number of guanidine groups is 1. The number of nitrogens with zero attached hydrogens (tertiary/aromatic N) is 3. The van der Waals surface area contributed by atoms with Gasteiger partial charge in [-0.1, -0.05) is 0 Å². The molecular formula is C17H31N5S. The molecule has 2 N–H and O–H groups in total. The van der Waals surface area contributed by atoms with E-state index < -0.39 is 0 Å². The SMILES string of the molecule is CCNC(=NCC(C1CC1)N(C)C)NCCc1nc(C)c(C)s1. The molecule has 1 fully saturated rings. The molecule has 23 heavy (non-hydrogen) atoms. The highest BCUT2D eigenvalue weighted by molar-refractivity contribution is 7.11. The number of aromatic nitrogens is 1. The van der Waals surface area contributed by atoms with Gasteiger partial charge in [0, 0.05) is 30.4 Å². The Balaban J connectivity index is 1.83. The van der Waals surface area contributed by atoms with Crippen molar-refractivity contribution in [2.24, 2.45) is 10.9 Å². The van der Waals surface area contributed by atoms with E-state index in [1.165, 1.54) is 22.7 Å². The fourth-order valence-corrected chi connectivity index (χ4v) is 3.61. The molecular weight excluding hydrogens is 306 g/mol. The Morgan fingerprint density at radius 2 is 2.09 bits per heavy atom. The normalized spacial score (nSPS) is 16.7. The summed E-state index contributed by atoms with van der Waals surface area (Å²) in [6.07, 6.45) is 3.65. The van der Waals surface area contributed by atoms with E-state index in [1.807, 2.05) is 0 Å². The zero-order valence-corrected chi connectivity index (χ0v) is 16.0. The molecule has 1 heterocycles. The molecule has 0 bridgehead atoms. The fourth-order valence-electron chi connectivity index (χ4n) is 2.68. The van der Waals surface area contributed by atoms with Crippen molar-refractivity contribution in [1.82, 2.24) is 20.5 Å². The molecule has 1 saturated carbocycles. The Labute approximate surface area is 144 Å². The number of likely N-dealkylation sites (N-methyl/N-ethyl adjacent to an activating group) is 1. The fraction of sp³-hybridized carbons (Fsp3) is 0.765. The quantitative estimate of drug-likeness (QED) is 0.564. The van der Waals surface area contributed by atoms with Crippen molar-refractivity contribution in [3.8, 4) is 0 Å². The molecule has 0 saturated heterocycles. The van der Waals surface area contributed by atoms with E-state index in [0.29, 0.717) is 6.04 Å². The Bertz CT molecular complexity index is 498. The molecule has 1 aliphatic carbocycles. The lowest BCUT2D eigenvalue weighted by Crippen LogP contribution is -2.40. The molecule has 1 atom stereocenters. The second-order valence-electron chi connectivity index (χ2n) is 6.51. The van der Waals surface area contributed by atoms with E-state index in [2.05, 4.69) is 55.4 Å². The van der Waals surface area contributed by atoms with Crippen LogP contribution in [0.3, 0.4) is 0 Å². The molecule has 1 aromatic rings. The molecule has 0 aliphatic heterocycles. The highest BCUT2D eigenvalue weighted by atomic mass is 32.1. The summed E-state index contributed by atoms with van der Waals surface area (Å²) in [4.78, 5) is 13.0. The molecule has 1 aliphatic rings. The topological polar surface area (TPSA) is 52.6 Å². The zero-order valence-electron chi connectivity index (χ0n) is 15.1. The van der Waals surface area contributed by atoms with Gasteiger partial charge in [0.05, 0.1) is 17.2 Å². The van der Waals surface area contributed by atoms with Crippen molar-refractivity contribution >= 4 is 17.3 Å². The van der Waals surface area contributed by atoms with Crippen LogP contribution in [0.5, 0.6) is 0 Å². The van der Waals surface area contributed by atoms with Crippen molar-refractivity contribution in [3.63, 3.8) is 0 Å². The van der Waals surface area contributed by atoms with E-state index in [9.17, 15) is 0 Å². The van der Waals surface area contributed by atoms with Gasteiger partial charge in [-0.3, -0.25) is 4.99 Å². The number of aryl methyl sites for hydroxylation is 2. The van der Waals surface area contributed by atoms with Gasteiger partial charge >= 0.3 is 0 Å². The molecule has 130 valence electrons. The van der Waals surface area contributed by atoms with Crippen LogP contribution < -0.4 is 10.6 Å². The van der Waals surface area contributed by atoms with E-state index in [-0.39, 0.29) is 0 Å². The summed E-state index contributed by atoms with van der Waals surface area (Å²) in [6.45, 7) is 8.94. The first-order valence-electron chi connectivity index (χ1n) is 8.62. The van der Waals surface area contributed by atoms with Crippen LogP contribution in [0.15, 0.2) is 4.99 Å². The Kier molecular flexibility index (Phi) is 6.84. The minimum atomic E-state index is 0.565. The van der Waals surface area contributed by atoms with Gasteiger partial charge in [-0.25, -0.2) is 4.98 Å². The van der Waals surface area contributed by atoms with Crippen molar-refractivity contribution in [2.75, 3.05) is 33.7 Å². The maximum Gasteiger partial charge on any atom is 0.191 e. The molecule has 0 radical (unpaired) electrons. The predicted molar refractivity (Wildman–Crippen MR) is 99.5 cm³/mol. The first-order valence-corrected chi connectivity index (χ1v) is 9.44. The summed E-state index contributed by atoms with van der Waals surface area (Å²) in [6, 6.07) is 0.565. The lowest BCUT2D eigenvalue weighted by atomic mass is 10.2. The van der Waals surface area contributed by atoms with Gasteiger partial charge < -0.3 is 15.5 Å². The Morgan fingerprint density at radius 3 is 2.61 bits per heavy atom. The largest absolute Gasteiger partial charge is 0.357 e. The summed E-state index contributed by atoms with van der Waals surface area (Å²) in [5.41, 5.74) is 1.16. The van der Waals surface area contributed by atoms with E-state index in [1.54, 1.807) is 11.3 Å². The molecule has 0 spiro atoms. The molecule has 1 aromatic heterocycles. The first kappa shape index (κ1) is 18.2. The van der Waals surface area contributed by atoms with Crippen LogP contribution in [-0.4, -0.2) is 55.6 Å². The zero-order chi connectivity index (χ0) is 16.8. The molecule has 0 amide bonds. The van der Waals surface area contributed by atoms with Gasteiger partial charge in [-0.2, -0.15) is 0 Å². The highest BCUT2D eigenvalue weighted by Crippen LogP contribution is 2.34. The lowest BCUT2D eigenvalue weighted by molar-refractivity contribution is 0.271. The number of aliphatic imine (C=N–C) groups is 1. The summed E-state index contributed by atoms with van der Waals surface area (Å²) >= 11 is 1.80. The third-order valence-corrected chi connectivity index (χ3v) is 5.45. The minimum absolute atomic E-state index is 0.565. The van der Waals surface area contributed by atoms with E-state index in [4.69, 9.17) is 4.99 Å². The second kappa shape index (κ2) is 8.64. The summed E-state index contributed by atoms with van der Waals surface area (Å²) < 4.78 is 0. The monoisotopic (exact) mass is 337 g/mol. The maximum atomic E-state index is 4.79. The molecule has 6 heteroatoms. The van der Waals surface area contributed by atoms with Gasteiger partial charge in [-0.15, -0.1) is 11.3 Å². The second-order valence-corrected chi connectivity index (χ2v) is 7.80. The van der Waals surface area contributed by atoms with Gasteiger partial charge in [0.15, 0.2) is 5.96 Å². The lowest BCUT2D eigenvalue weighted by Gasteiger charge is -2.22.